The molecule has 3 nitrogen and oxygen atoms in total. The number of ether oxygens (including phenoxy) is 1. The Kier molecular flexibility index (Phi) is 3.96. The fourth-order valence-electron chi connectivity index (χ4n) is 1.61. The first-order valence-electron chi connectivity index (χ1n) is 4.77. The number of esters is 1. The van der Waals surface area contributed by atoms with Crippen LogP contribution in [0.1, 0.15) is 25.7 Å². The molecular weight excluding hydrogens is 166 g/mol. The topological polar surface area (TPSA) is 52.3 Å². The third kappa shape index (κ3) is 3.19. The van der Waals surface area contributed by atoms with E-state index in [1.807, 2.05) is 0 Å². The molecule has 1 aliphatic carbocycles. The highest BCUT2D eigenvalue weighted by molar-refractivity contribution is 5.72. The van der Waals surface area contributed by atoms with Crippen molar-refractivity contribution < 1.29 is 9.53 Å². The molecule has 1 saturated carbocycles. The van der Waals surface area contributed by atoms with Crippen molar-refractivity contribution in [3.63, 3.8) is 0 Å². The Bertz CT molecular complexity index is 183. The summed E-state index contributed by atoms with van der Waals surface area (Å²) in [6, 6.07) is 0.281. The van der Waals surface area contributed by atoms with Gasteiger partial charge in [0.25, 0.3) is 0 Å². The molecule has 0 aromatic heterocycles. The molecule has 0 bridgehead atoms. The van der Waals surface area contributed by atoms with Gasteiger partial charge in [0.1, 0.15) is 6.61 Å². The molecule has 74 valence electrons. The summed E-state index contributed by atoms with van der Waals surface area (Å²) in [5, 5.41) is 0. The van der Waals surface area contributed by atoms with E-state index in [0.717, 1.165) is 25.7 Å². The fourth-order valence-corrected chi connectivity index (χ4v) is 1.61. The summed E-state index contributed by atoms with van der Waals surface area (Å²) in [7, 11) is 0. The number of carbonyl (C=O) groups is 1. The average molecular weight is 183 g/mol. The van der Waals surface area contributed by atoms with Gasteiger partial charge in [-0.25, -0.2) is 0 Å². The maximum absolute atomic E-state index is 11.4. The second kappa shape index (κ2) is 5.02. The lowest BCUT2D eigenvalue weighted by atomic mass is 9.86. The van der Waals surface area contributed by atoms with Crippen LogP contribution in [-0.2, 0) is 9.53 Å². The van der Waals surface area contributed by atoms with Gasteiger partial charge < -0.3 is 10.5 Å². The zero-order valence-corrected chi connectivity index (χ0v) is 7.87. The standard InChI is InChI=1S/C10H17NO2/c1-2-7-13-10(12)8-3-5-9(11)6-4-8/h2,8-9H,1,3-7,11H2. The minimum absolute atomic E-state index is 0.0692. The van der Waals surface area contributed by atoms with Crippen LogP contribution < -0.4 is 5.73 Å². The molecule has 1 aliphatic rings. The first-order chi connectivity index (χ1) is 6.24. The Morgan fingerprint density at radius 2 is 2.08 bits per heavy atom. The van der Waals surface area contributed by atoms with E-state index in [4.69, 9.17) is 10.5 Å². The Morgan fingerprint density at radius 3 is 2.62 bits per heavy atom. The van der Waals surface area contributed by atoms with Crippen molar-refractivity contribution in [2.24, 2.45) is 11.7 Å². The summed E-state index contributed by atoms with van der Waals surface area (Å²) in [6.45, 7) is 3.81. The Morgan fingerprint density at radius 1 is 1.46 bits per heavy atom. The lowest BCUT2D eigenvalue weighted by Gasteiger charge is -2.24. The van der Waals surface area contributed by atoms with E-state index in [9.17, 15) is 4.79 Å². The summed E-state index contributed by atoms with van der Waals surface area (Å²) in [5.74, 6) is -0.0217. The van der Waals surface area contributed by atoms with E-state index in [-0.39, 0.29) is 17.9 Å². The summed E-state index contributed by atoms with van der Waals surface area (Å²) >= 11 is 0. The van der Waals surface area contributed by atoms with Gasteiger partial charge in [-0.3, -0.25) is 4.79 Å². The molecule has 0 aliphatic heterocycles. The Labute approximate surface area is 78.9 Å². The fraction of sp³-hybridized carbons (Fsp3) is 0.700. The minimum atomic E-state index is -0.0909. The number of nitrogens with two attached hydrogens (primary N) is 1. The normalized spacial score (nSPS) is 28.1. The predicted molar refractivity (Wildman–Crippen MR) is 51.1 cm³/mol. The molecule has 0 unspecified atom stereocenters. The zero-order chi connectivity index (χ0) is 9.68. The summed E-state index contributed by atoms with van der Waals surface area (Å²) in [6.07, 6.45) is 5.21. The highest BCUT2D eigenvalue weighted by Crippen LogP contribution is 2.23. The number of rotatable bonds is 3. The van der Waals surface area contributed by atoms with E-state index in [0.29, 0.717) is 6.61 Å². The third-order valence-corrected chi connectivity index (χ3v) is 2.45. The quantitative estimate of drug-likeness (QED) is 0.529. The molecule has 0 amide bonds. The summed E-state index contributed by atoms with van der Waals surface area (Å²) in [5.41, 5.74) is 5.73. The lowest BCUT2D eigenvalue weighted by Crippen LogP contribution is -2.30. The third-order valence-electron chi connectivity index (χ3n) is 2.45. The molecule has 13 heavy (non-hydrogen) atoms. The van der Waals surface area contributed by atoms with Gasteiger partial charge in [-0.05, 0) is 25.7 Å². The summed E-state index contributed by atoms with van der Waals surface area (Å²) < 4.78 is 4.97. The second-order valence-electron chi connectivity index (χ2n) is 3.53. The minimum Gasteiger partial charge on any atom is -0.461 e. The molecule has 0 spiro atoms. The molecule has 3 heteroatoms. The van der Waals surface area contributed by atoms with Crippen molar-refractivity contribution in [2.75, 3.05) is 6.61 Å². The molecule has 0 radical (unpaired) electrons. The van der Waals surface area contributed by atoms with E-state index in [1.165, 1.54) is 0 Å². The second-order valence-corrected chi connectivity index (χ2v) is 3.53. The van der Waals surface area contributed by atoms with Crippen LogP contribution >= 0.6 is 0 Å². The van der Waals surface area contributed by atoms with Crippen LogP contribution in [0.2, 0.25) is 0 Å². The predicted octanol–water partition coefficient (Wildman–Crippen LogP) is 1.23. The van der Waals surface area contributed by atoms with Gasteiger partial charge >= 0.3 is 5.97 Å². The maximum Gasteiger partial charge on any atom is 0.309 e. The van der Waals surface area contributed by atoms with Gasteiger partial charge in [-0.2, -0.15) is 0 Å². The first kappa shape index (κ1) is 10.3. The van der Waals surface area contributed by atoms with E-state index < -0.39 is 0 Å². The van der Waals surface area contributed by atoms with Crippen molar-refractivity contribution in [3.05, 3.63) is 12.7 Å². The van der Waals surface area contributed by atoms with Crippen LogP contribution in [0.4, 0.5) is 0 Å². The molecule has 1 fully saturated rings. The van der Waals surface area contributed by atoms with Crippen LogP contribution in [0, 0.1) is 5.92 Å². The molecule has 0 atom stereocenters. The lowest BCUT2D eigenvalue weighted by molar-refractivity contribution is -0.148. The van der Waals surface area contributed by atoms with Crippen molar-refractivity contribution in [1.29, 1.82) is 0 Å². The molecule has 0 heterocycles. The van der Waals surface area contributed by atoms with Crippen molar-refractivity contribution in [2.45, 2.75) is 31.7 Å². The van der Waals surface area contributed by atoms with Gasteiger partial charge in [0, 0.05) is 6.04 Å². The average Bonchev–Trinajstić information content (AvgIpc) is 2.15. The van der Waals surface area contributed by atoms with E-state index >= 15 is 0 Å². The van der Waals surface area contributed by atoms with E-state index in [1.54, 1.807) is 6.08 Å². The van der Waals surface area contributed by atoms with Gasteiger partial charge in [0.2, 0.25) is 0 Å². The maximum atomic E-state index is 11.4. The van der Waals surface area contributed by atoms with Crippen LogP contribution in [-0.4, -0.2) is 18.6 Å². The number of carbonyl (C=O) groups excluding carboxylic acids is 1. The van der Waals surface area contributed by atoms with Gasteiger partial charge in [0.15, 0.2) is 0 Å². The van der Waals surface area contributed by atoms with Crippen molar-refractivity contribution in [3.8, 4) is 0 Å². The van der Waals surface area contributed by atoms with E-state index in [2.05, 4.69) is 6.58 Å². The molecule has 0 aromatic carbocycles. The highest BCUT2D eigenvalue weighted by Gasteiger charge is 2.25. The van der Waals surface area contributed by atoms with Crippen LogP contribution in [0.25, 0.3) is 0 Å². The summed E-state index contributed by atoms with van der Waals surface area (Å²) in [4.78, 5) is 11.4. The largest absolute Gasteiger partial charge is 0.461 e. The molecule has 2 N–H and O–H groups in total. The van der Waals surface area contributed by atoms with Crippen molar-refractivity contribution in [1.82, 2.24) is 0 Å². The molecule has 0 aromatic rings. The molecule has 0 saturated heterocycles. The number of hydrogen-bond acceptors (Lipinski definition) is 3. The molecule has 1 rings (SSSR count). The highest BCUT2D eigenvalue weighted by atomic mass is 16.5. The van der Waals surface area contributed by atoms with Crippen LogP contribution in [0.15, 0.2) is 12.7 Å². The zero-order valence-electron chi connectivity index (χ0n) is 7.87. The SMILES string of the molecule is C=CCOC(=O)C1CCC(N)CC1. The first-order valence-corrected chi connectivity index (χ1v) is 4.77. The Hall–Kier alpha value is -0.830. The van der Waals surface area contributed by atoms with Crippen LogP contribution in [0.3, 0.4) is 0 Å². The number of hydrogen-bond donors (Lipinski definition) is 1. The smallest absolute Gasteiger partial charge is 0.309 e. The molecular formula is C10H17NO2. The van der Waals surface area contributed by atoms with Gasteiger partial charge in [0.05, 0.1) is 5.92 Å². The van der Waals surface area contributed by atoms with Gasteiger partial charge in [-0.15, -0.1) is 0 Å². The van der Waals surface area contributed by atoms with Gasteiger partial charge in [-0.1, -0.05) is 12.7 Å². The van der Waals surface area contributed by atoms with Crippen LogP contribution in [0.5, 0.6) is 0 Å². The Balaban J connectivity index is 2.27. The van der Waals surface area contributed by atoms with Crippen molar-refractivity contribution >= 4 is 5.97 Å². The monoisotopic (exact) mass is 183 g/mol.